The summed E-state index contributed by atoms with van der Waals surface area (Å²) in [5, 5.41) is 5.66. The summed E-state index contributed by atoms with van der Waals surface area (Å²) in [7, 11) is 0. The summed E-state index contributed by atoms with van der Waals surface area (Å²) in [6.07, 6.45) is 4.09. The van der Waals surface area contributed by atoms with Gasteiger partial charge in [-0.1, -0.05) is 13.0 Å². The van der Waals surface area contributed by atoms with Gasteiger partial charge in [-0.25, -0.2) is 0 Å². The van der Waals surface area contributed by atoms with Gasteiger partial charge in [-0.2, -0.15) is 0 Å². The van der Waals surface area contributed by atoms with Gasteiger partial charge in [0.05, 0.1) is 12.2 Å². The van der Waals surface area contributed by atoms with Crippen LogP contribution >= 0.6 is 0 Å². The zero-order valence-corrected chi connectivity index (χ0v) is 17.4. The summed E-state index contributed by atoms with van der Waals surface area (Å²) in [5.74, 6) is 0.117. The van der Waals surface area contributed by atoms with Crippen molar-refractivity contribution < 1.29 is 9.59 Å². The molecule has 0 atom stereocenters. The van der Waals surface area contributed by atoms with Gasteiger partial charge in [0.15, 0.2) is 0 Å². The molecular weight excluding hydrogens is 364 g/mol. The smallest absolute Gasteiger partial charge is 0.239 e. The Bertz CT molecular complexity index is 826. The van der Waals surface area contributed by atoms with Crippen molar-refractivity contribution in [2.75, 3.05) is 23.3 Å². The minimum Gasteiger partial charge on any atom is -0.372 e. The van der Waals surface area contributed by atoms with Crippen molar-refractivity contribution in [2.24, 2.45) is 11.3 Å². The first-order valence-corrected chi connectivity index (χ1v) is 10.2. The standard InChI is InChI=1S/C23H30N4O2/c1-17-11-14-27(15-12-17)20-9-7-18(8-10-20)26-22(29)23(2,3)21(28)25-16-19-6-4-5-13-24-19/h4-10,13,17H,11-12,14-16H2,1-3H3,(H,25,28)(H,26,29). The van der Waals surface area contributed by atoms with E-state index in [9.17, 15) is 9.59 Å². The number of hydrogen-bond donors (Lipinski definition) is 2. The molecule has 1 aromatic heterocycles. The van der Waals surface area contributed by atoms with Gasteiger partial charge in [0.25, 0.3) is 0 Å². The summed E-state index contributed by atoms with van der Waals surface area (Å²) >= 11 is 0. The average molecular weight is 395 g/mol. The molecule has 1 aromatic carbocycles. The number of nitrogens with zero attached hydrogens (tertiary/aromatic N) is 2. The van der Waals surface area contributed by atoms with Crippen LogP contribution in [0.2, 0.25) is 0 Å². The Morgan fingerprint density at radius 3 is 2.38 bits per heavy atom. The Balaban J connectivity index is 1.55. The lowest BCUT2D eigenvalue weighted by Gasteiger charge is -2.32. The molecule has 0 saturated carbocycles. The van der Waals surface area contributed by atoms with Crippen LogP contribution in [0, 0.1) is 11.3 Å². The average Bonchev–Trinajstić information content (AvgIpc) is 2.74. The number of rotatable bonds is 6. The highest BCUT2D eigenvalue weighted by Crippen LogP contribution is 2.25. The first kappa shape index (κ1) is 20.8. The molecule has 2 aromatic rings. The van der Waals surface area contributed by atoms with Crippen molar-refractivity contribution in [1.29, 1.82) is 0 Å². The maximum atomic E-state index is 12.7. The van der Waals surface area contributed by atoms with Gasteiger partial charge in [-0.05, 0) is 69.0 Å². The lowest BCUT2D eigenvalue weighted by Crippen LogP contribution is -2.45. The minimum atomic E-state index is -1.20. The highest BCUT2D eigenvalue weighted by atomic mass is 16.2. The predicted molar refractivity (Wildman–Crippen MR) is 116 cm³/mol. The number of carbonyl (C=O) groups is 2. The monoisotopic (exact) mass is 394 g/mol. The van der Waals surface area contributed by atoms with Gasteiger partial charge in [-0.15, -0.1) is 0 Å². The summed E-state index contributed by atoms with van der Waals surface area (Å²) in [5.41, 5.74) is 1.41. The van der Waals surface area contributed by atoms with Gasteiger partial charge < -0.3 is 15.5 Å². The van der Waals surface area contributed by atoms with Gasteiger partial charge in [0, 0.05) is 30.7 Å². The Morgan fingerprint density at radius 2 is 1.76 bits per heavy atom. The van der Waals surface area contributed by atoms with E-state index in [1.165, 1.54) is 18.5 Å². The van der Waals surface area contributed by atoms with Crippen LogP contribution in [0.5, 0.6) is 0 Å². The molecule has 0 unspecified atom stereocenters. The number of aromatic nitrogens is 1. The number of carbonyl (C=O) groups excluding carboxylic acids is 2. The van der Waals surface area contributed by atoms with Crippen molar-refractivity contribution in [3.05, 3.63) is 54.4 Å². The molecule has 0 bridgehead atoms. The fourth-order valence-corrected chi connectivity index (χ4v) is 3.31. The van der Waals surface area contributed by atoms with E-state index in [0.717, 1.165) is 24.7 Å². The SMILES string of the molecule is CC1CCN(c2ccc(NC(=O)C(C)(C)C(=O)NCc3ccccn3)cc2)CC1. The molecule has 3 rings (SSSR count). The highest BCUT2D eigenvalue weighted by Gasteiger charge is 2.36. The van der Waals surface area contributed by atoms with E-state index >= 15 is 0 Å². The molecule has 6 nitrogen and oxygen atoms in total. The fourth-order valence-electron chi connectivity index (χ4n) is 3.31. The molecule has 1 saturated heterocycles. The molecule has 2 N–H and O–H groups in total. The van der Waals surface area contributed by atoms with E-state index in [1.807, 2.05) is 42.5 Å². The molecule has 1 aliphatic heterocycles. The molecule has 6 heteroatoms. The van der Waals surface area contributed by atoms with Crippen LogP contribution in [0.25, 0.3) is 0 Å². The van der Waals surface area contributed by atoms with E-state index in [0.29, 0.717) is 12.2 Å². The quantitative estimate of drug-likeness (QED) is 0.734. The van der Waals surface area contributed by atoms with Gasteiger partial charge >= 0.3 is 0 Å². The Labute approximate surface area is 172 Å². The van der Waals surface area contributed by atoms with Crippen molar-refractivity contribution in [3.8, 4) is 0 Å². The number of anilines is 2. The molecule has 2 amide bonds. The Kier molecular flexibility index (Phi) is 6.52. The summed E-state index contributed by atoms with van der Waals surface area (Å²) in [4.78, 5) is 31.8. The van der Waals surface area contributed by atoms with Gasteiger partial charge in [-0.3, -0.25) is 14.6 Å². The molecule has 0 radical (unpaired) electrons. The third-order valence-corrected chi connectivity index (χ3v) is 5.57. The van der Waals surface area contributed by atoms with Crippen molar-refractivity contribution >= 4 is 23.2 Å². The lowest BCUT2D eigenvalue weighted by molar-refractivity contribution is -0.138. The Morgan fingerprint density at radius 1 is 1.07 bits per heavy atom. The minimum absolute atomic E-state index is 0.291. The van der Waals surface area contributed by atoms with Crippen LogP contribution in [0.1, 0.15) is 39.3 Å². The number of hydrogen-bond acceptors (Lipinski definition) is 4. The fraction of sp³-hybridized carbons (Fsp3) is 0.435. The normalized spacial score (nSPS) is 15.1. The molecular formula is C23H30N4O2. The van der Waals surface area contributed by atoms with Crippen molar-refractivity contribution in [3.63, 3.8) is 0 Å². The zero-order chi connectivity index (χ0) is 20.9. The third-order valence-electron chi connectivity index (χ3n) is 5.57. The van der Waals surface area contributed by atoms with Gasteiger partial charge in [0.1, 0.15) is 5.41 Å². The van der Waals surface area contributed by atoms with Crippen LogP contribution in [0.3, 0.4) is 0 Å². The third kappa shape index (κ3) is 5.34. The molecule has 0 spiro atoms. The molecule has 1 fully saturated rings. The van der Waals surface area contributed by atoms with Crippen LogP contribution in [-0.4, -0.2) is 29.9 Å². The van der Waals surface area contributed by atoms with Crippen molar-refractivity contribution in [1.82, 2.24) is 10.3 Å². The number of pyridine rings is 1. The van der Waals surface area contributed by atoms with Crippen LogP contribution in [-0.2, 0) is 16.1 Å². The van der Waals surface area contributed by atoms with E-state index in [-0.39, 0.29) is 11.8 Å². The van der Waals surface area contributed by atoms with Crippen LogP contribution < -0.4 is 15.5 Å². The van der Waals surface area contributed by atoms with Crippen LogP contribution in [0.15, 0.2) is 48.7 Å². The molecule has 0 aliphatic carbocycles. The van der Waals surface area contributed by atoms with E-state index in [1.54, 1.807) is 20.0 Å². The molecule has 29 heavy (non-hydrogen) atoms. The Hall–Kier alpha value is -2.89. The van der Waals surface area contributed by atoms with Gasteiger partial charge in [0.2, 0.25) is 11.8 Å². The number of piperidine rings is 1. The molecule has 2 heterocycles. The maximum absolute atomic E-state index is 12.7. The molecule has 1 aliphatic rings. The van der Waals surface area contributed by atoms with E-state index < -0.39 is 5.41 Å². The summed E-state index contributed by atoms with van der Waals surface area (Å²) in [6.45, 7) is 7.97. The summed E-state index contributed by atoms with van der Waals surface area (Å²) in [6, 6.07) is 13.4. The number of nitrogens with one attached hydrogen (secondary N) is 2. The number of amides is 2. The number of benzene rings is 1. The van der Waals surface area contributed by atoms with Crippen LogP contribution in [0.4, 0.5) is 11.4 Å². The first-order chi connectivity index (χ1) is 13.9. The second kappa shape index (κ2) is 9.07. The predicted octanol–water partition coefficient (Wildman–Crippen LogP) is 3.60. The second-order valence-electron chi connectivity index (χ2n) is 8.30. The largest absolute Gasteiger partial charge is 0.372 e. The second-order valence-corrected chi connectivity index (χ2v) is 8.30. The van der Waals surface area contributed by atoms with Crippen molar-refractivity contribution in [2.45, 2.75) is 40.2 Å². The molecule has 154 valence electrons. The van der Waals surface area contributed by atoms with E-state index in [4.69, 9.17) is 0 Å². The summed E-state index contributed by atoms with van der Waals surface area (Å²) < 4.78 is 0. The first-order valence-electron chi connectivity index (χ1n) is 10.2. The maximum Gasteiger partial charge on any atom is 0.239 e. The lowest BCUT2D eigenvalue weighted by atomic mass is 9.91. The topological polar surface area (TPSA) is 74.3 Å². The van der Waals surface area contributed by atoms with E-state index in [2.05, 4.69) is 27.4 Å². The zero-order valence-electron chi connectivity index (χ0n) is 17.4. The highest BCUT2D eigenvalue weighted by molar-refractivity contribution is 6.09.